The first-order chi connectivity index (χ1) is 13.9. The van der Waals surface area contributed by atoms with Crippen LogP contribution in [0.2, 0.25) is 0 Å². The van der Waals surface area contributed by atoms with Crippen LogP contribution >= 0.6 is 0 Å². The summed E-state index contributed by atoms with van der Waals surface area (Å²) in [6, 6.07) is 23.1. The van der Waals surface area contributed by atoms with E-state index in [-0.39, 0.29) is 20.4 Å². The summed E-state index contributed by atoms with van der Waals surface area (Å²) in [4.78, 5) is 23.2. The van der Waals surface area contributed by atoms with Crippen LogP contribution in [0.1, 0.15) is 11.4 Å². The number of aromatic nitrogens is 2. The fourth-order valence-corrected chi connectivity index (χ4v) is 1.77. The van der Waals surface area contributed by atoms with Gasteiger partial charge in [0, 0.05) is 20.4 Å². The van der Waals surface area contributed by atoms with Gasteiger partial charge in [-0.15, -0.1) is 17.8 Å². The minimum atomic E-state index is -4.37. The summed E-state index contributed by atoms with van der Waals surface area (Å²) in [7, 11) is 3.26. The first-order valence-corrected chi connectivity index (χ1v) is 7.47. The van der Waals surface area contributed by atoms with Gasteiger partial charge >= 0.3 is 6.18 Å². The van der Waals surface area contributed by atoms with Crippen LogP contribution in [0.4, 0.5) is 13.2 Å². The Morgan fingerprint density at radius 1 is 0.900 bits per heavy atom. The van der Waals surface area contributed by atoms with E-state index in [2.05, 4.69) is 44.6 Å². The average molecular weight is 589 g/mol. The van der Waals surface area contributed by atoms with Crippen molar-refractivity contribution in [1.82, 2.24) is 9.78 Å². The molecule has 0 bridgehead atoms. The summed E-state index contributed by atoms with van der Waals surface area (Å²) in [5.41, 5.74) is 1.68. The molecule has 0 saturated heterocycles. The number of hydrogen-bond acceptors (Lipinski definition) is 4. The minimum Gasteiger partial charge on any atom is -0.545 e. The molecule has 1 radical (unpaired) electrons. The smallest absolute Gasteiger partial charge is 0.433 e. The first kappa shape index (κ1) is 31.7. The summed E-state index contributed by atoms with van der Waals surface area (Å²) in [5.74, 6) is 0. The van der Waals surface area contributed by atoms with E-state index in [1.165, 1.54) is 6.92 Å². The third-order valence-electron chi connectivity index (χ3n) is 2.98. The molecule has 5 nitrogen and oxygen atoms in total. The second-order valence-corrected chi connectivity index (χ2v) is 4.72. The van der Waals surface area contributed by atoms with Crippen LogP contribution in [0.3, 0.4) is 0 Å². The first-order valence-electron chi connectivity index (χ1n) is 7.47. The number of carbonyl (C=O) groups excluding carboxylic acids is 3. The molecule has 0 aliphatic rings. The molecule has 0 atom stereocenters. The largest absolute Gasteiger partial charge is 0.545 e. The summed E-state index contributed by atoms with van der Waals surface area (Å²) >= 11 is 0. The Morgan fingerprint density at radius 3 is 1.50 bits per heavy atom. The Balaban J connectivity index is -0.000000380. The number of halogens is 3. The number of nitrogens with zero attached hydrogens (tertiary/aromatic N) is 2. The van der Waals surface area contributed by atoms with E-state index >= 15 is 0 Å². The molecule has 0 aliphatic carbocycles. The van der Waals surface area contributed by atoms with Gasteiger partial charge in [0.2, 0.25) is 0 Å². The standard InChI is InChI=1S/C12H8.C6H6F3N2.3CHO.Re/c1-3-7-11(8-4-1)12-9-5-2-6-10-12;1-4-3-5(6(7,8)9)10-11(4)2;3*1-2;/h1-7,9H;3H,2H2,1H3;3*1H;/q-2;4*-1;. The zero-order chi connectivity index (χ0) is 22.9. The monoisotopic (exact) mass is 589 g/mol. The third kappa shape index (κ3) is 11.7. The van der Waals surface area contributed by atoms with Crippen molar-refractivity contribution in [2.45, 2.75) is 13.1 Å². The van der Waals surface area contributed by atoms with Gasteiger partial charge in [0.15, 0.2) is 0 Å². The predicted molar refractivity (Wildman–Crippen MR) is 103 cm³/mol. The molecular weight excluding hydrogens is 571 g/mol. The molecule has 1 heterocycles. The molecule has 0 aliphatic heterocycles. The van der Waals surface area contributed by atoms with Gasteiger partial charge in [-0.2, -0.15) is 68.7 Å². The quantitative estimate of drug-likeness (QED) is 0.319. The number of benzene rings is 2. The van der Waals surface area contributed by atoms with Crippen LogP contribution in [-0.2, 0) is 41.0 Å². The summed E-state index contributed by atoms with van der Waals surface area (Å²) < 4.78 is 36.6. The third-order valence-corrected chi connectivity index (χ3v) is 2.98. The zero-order valence-electron chi connectivity index (χ0n) is 15.8. The summed E-state index contributed by atoms with van der Waals surface area (Å²) in [6.45, 7) is 11.3. The van der Waals surface area contributed by atoms with E-state index in [9.17, 15) is 13.2 Å². The Labute approximate surface area is 187 Å². The normalized spacial score (nSPS) is 8.67. The van der Waals surface area contributed by atoms with Crippen LogP contribution < -0.4 is 0 Å². The zero-order valence-corrected chi connectivity index (χ0v) is 18.5. The van der Waals surface area contributed by atoms with Crippen molar-refractivity contribution in [3.05, 3.63) is 85.2 Å². The van der Waals surface area contributed by atoms with Crippen molar-refractivity contribution >= 4 is 20.4 Å². The molecule has 163 valence electrons. The van der Waals surface area contributed by atoms with Crippen LogP contribution in [0.15, 0.2) is 54.6 Å². The van der Waals surface area contributed by atoms with Crippen molar-refractivity contribution in [3.8, 4) is 11.1 Å². The van der Waals surface area contributed by atoms with Gasteiger partial charge in [0.05, 0.1) is 0 Å². The molecule has 0 saturated carbocycles. The van der Waals surface area contributed by atoms with E-state index in [1.54, 1.807) is 0 Å². The van der Waals surface area contributed by atoms with E-state index in [4.69, 9.17) is 14.4 Å². The maximum absolute atomic E-state index is 11.9. The van der Waals surface area contributed by atoms with E-state index < -0.39 is 11.9 Å². The van der Waals surface area contributed by atoms with Gasteiger partial charge in [0.1, 0.15) is 5.69 Å². The second kappa shape index (κ2) is 18.0. The van der Waals surface area contributed by atoms with Gasteiger partial charge in [0.25, 0.3) is 0 Å². The number of hydrogen-bond donors (Lipinski definition) is 0. The number of rotatable bonds is 1. The van der Waals surface area contributed by atoms with Crippen molar-refractivity contribution in [1.29, 1.82) is 0 Å². The van der Waals surface area contributed by atoms with Crippen molar-refractivity contribution in [2.75, 3.05) is 0 Å². The van der Waals surface area contributed by atoms with E-state index in [0.29, 0.717) is 5.69 Å². The maximum Gasteiger partial charge on any atom is 0.433 e. The van der Waals surface area contributed by atoms with Gasteiger partial charge in [-0.1, -0.05) is 13.0 Å². The van der Waals surface area contributed by atoms with Crippen LogP contribution in [0.5, 0.6) is 0 Å². The summed E-state index contributed by atoms with van der Waals surface area (Å²) in [6.07, 6.45) is -4.37. The number of aryl methyl sites for hydroxylation is 1. The molecule has 0 amide bonds. The van der Waals surface area contributed by atoms with Crippen LogP contribution in [-0.4, -0.2) is 30.1 Å². The molecule has 0 unspecified atom stereocenters. The van der Waals surface area contributed by atoms with Crippen LogP contribution in [0.25, 0.3) is 11.1 Å². The maximum atomic E-state index is 11.9. The van der Waals surface area contributed by atoms with Crippen molar-refractivity contribution in [3.63, 3.8) is 0 Å². The Morgan fingerprint density at radius 2 is 1.30 bits per heavy atom. The molecular formula is C21H17F3N2O3Re-6. The van der Waals surface area contributed by atoms with Gasteiger partial charge in [-0.3, -0.25) is 20.4 Å². The molecule has 3 aromatic rings. The fraction of sp³-hybridized carbons (Fsp3) is 0.0952. The number of alkyl halides is 3. The fourth-order valence-electron chi connectivity index (χ4n) is 1.77. The molecule has 0 N–H and O–H groups in total. The van der Waals surface area contributed by atoms with E-state index in [0.717, 1.165) is 21.9 Å². The Kier molecular flexibility index (Phi) is 19.0. The SMILES string of the molecule is [CH-]=O.[CH-]=O.[CH-]=O.[CH2-]n1nc(C(F)(F)F)cc1C.[Re].[c-]1ccccc1-c1[c-]cccc1. The molecule has 2 aromatic carbocycles. The van der Waals surface area contributed by atoms with Crippen molar-refractivity contribution < 1.29 is 48.0 Å². The van der Waals surface area contributed by atoms with E-state index in [1.807, 2.05) is 48.5 Å². The van der Waals surface area contributed by atoms with Crippen molar-refractivity contribution in [2.24, 2.45) is 0 Å². The van der Waals surface area contributed by atoms with Crippen LogP contribution in [0, 0.1) is 26.1 Å². The van der Waals surface area contributed by atoms with Gasteiger partial charge in [-0.05, 0) is 0 Å². The predicted octanol–water partition coefficient (Wildman–Crippen LogP) is 3.98. The molecule has 0 fully saturated rings. The molecule has 30 heavy (non-hydrogen) atoms. The molecule has 9 heteroatoms. The second-order valence-electron chi connectivity index (χ2n) is 4.72. The Bertz CT molecular complexity index is 737. The molecule has 3 rings (SSSR count). The minimum absolute atomic E-state index is 0. The molecule has 0 spiro atoms. The Hall–Kier alpha value is -3.02. The molecule has 1 aromatic heterocycles. The van der Waals surface area contributed by atoms with Gasteiger partial charge in [-0.25, -0.2) is 16.2 Å². The average Bonchev–Trinajstić information content (AvgIpc) is 3.13. The van der Waals surface area contributed by atoms with Gasteiger partial charge < -0.3 is 19.1 Å². The topological polar surface area (TPSA) is 69.0 Å². The summed E-state index contributed by atoms with van der Waals surface area (Å²) in [5, 5.41) is 3.16.